The van der Waals surface area contributed by atoms with Gasteiger partial charge in [-0.3, -0.25) is 14.2 Å². The SMILES string of the molecule is CC(C)Oc1ccc(-n2c(=O)ccc3cc(C(=O)N4CCNCC4)n(C)c32)cc1. The van der Waals surface area contributed by atoms with Crippen molar-refractivity contribution < 1.29 is 9.53 Å². The standard InChI is InChI=1S/C22H26N4O3/c1-15(2)29-18-7-5-17(6-8-18)26-20(27)9-4-16-14-19(24(3)21(16)26)22(28)25-12-10-23-11-13-25/h4-9,14-15,23H,10-13H2,1-3H3. The summed E-state index contributed by atoms with van der Waals surface area (Å²) in [6, 6.07) is 12.6. The molecule has 1 fully saturated rings. The summed E-state index contributed by atoms with van der Waals surface area (Å²) in [5.74, 6) is 0.746. The van der Waals surface area contributed by atoms with E-state index in [4.69, 9.17) is 4.74 Å². The molecule has 7 nitrogen and oxygen atoms in total. The third kappa shape index (κ3) is 3.65. The second-order valence-corrected chi connectivity index (χ2v) is 7.58. The summed E-state index contributed by atoms with van der Waals surface area (Å²) in [5, 5.41) is 4.11. The highest BCUT2D eigenvalue weighted by Crippen LogP contribution is 2.23. The van der Waals surface area contributed by atoms with Gasteiger partial charge in [0.2, 0.25) is 0 Å². The second kappa shape index (κ2) is 7.75. The third-order valence-electron chi connectivity index (χ3n) is 5.16. The van der Waals surface area contributed by atoms with Crippen molar-refractivity contribution in [2.75, 3.05) is 26.2 Å². The maximum atomic E-state index is 13.0. The van der Waals surface area contributed by atoms with Gasteiger partial charge in [0.1, 0.15) is 17.1 Å². The molecule has 0 unspecified atom stereocenters. The molecular weight excluding hydrogens is 368 g/mol. The molecule has 0 aliphatic carbocycles. The van der Waals surface area contributed by atoms with Gasteiger partial charge in [-0.15, -0.1) is 0 Å². The molecule has 152 valence electrons. The number of carbonyl (C=O) groups is 1. The van der Waals surface area contributed by atoms with Gasteiger partial charge in [-0.25, -0.2) is 0 Å². The number of nitrogens with one attached hydrogen (secondary N) is 1. The molecule has 1 aromatic carbocycles. The summed E-state index contributed by atoms with van der Waals surface area (Å²) in [7, 11) is 1.84. The number of fused-ring (bicyclic) bond motifs is 1. The minimum absolute atomic E-state index is 0.00937. The van der Waals surface area contributed by atoms with Gasteiger partial charge in [0, 0.05) is 44.7 Å². The molecule has 0 radical (unpaired) electrons. The van der Waals surface area contributed by atoms with E-state index in [0.717, 1.165) is 29.9 Å². The van der Waals surface area contributed by atoms with E-state index in [1.165, 1.54) is 0 Å². The number of pyridine rings is 1. The number of carbonyl (C=O) groups excluding carboxylic acids is 1. The van der Waals surface area contributed by atoms with Gasteiger partial charge < -0.3 is 19.5 Å². The Morgan fingerprint density at radius 3 is 2.41 bits per heavy atom. The lowest BCUT2D eigenvalue weighted by Crippen LogP contribution is -2.46. The van der Waals surface area contributed by atoms with Crippen molar-refractivity contribution in [2.24, 2.45) is 7.05 Å². The highest BCUT2D eigenvalue weighted by Gasteiger charge is 2.23. The highest BCUT2D eigenvalue weighted by molar-refractivity contribution is 5.98. The molecule has 7 heteroatoms. The first-order valence-electron chi connectivity index (χ1n) is 9.94. The van der Waals surface area contributed by atoms with Crippen LogP contribution >= 0.6 is 0 Å². The molecule has 1 amide bonds. The van der Waals surface area contributed by atoms with Crippen LogP contribution in [0.4, 0.5) is 0 Å². The van der Waals surface area contributed by atoms with E-state index in [9.17, 15) is 9.59 Å². The first-order valence-corrected chi connectivity index (χ1v) is 9.94. The highest BCUT2D eigenvalue weighted by atomic mass is 16.5. The lowest BCUT2D eigenvalue weighted by atomic mass is 10.2. The molecule has 1 aliphatic rings. The molecule has 29 heavy (non-hydrogen) atoms. The molecule has 1 saturated heterocycles. The predicted octanol–water partition coefficient (Wildman–Crippen LogP) is 2.16. The molecule has 4 rings (SSSR count). The maximum absolute atomic E-state index is 13.0. The molecule has 0 bridgehead atoms. The van der Waals surface area contributed by atoms with E-state index >= 15 is 0 Å². The molecule has 0 spiro atoms. The lowest BCUT2D eigenvalue weighted by molar-refractivity contribution is 0.0726. The fourth-order valence-electron chi connectivity index (χ4n) is 3.79. The number of aryl methyl sites for hydroxylation is 1. The second-order valence-electron chi connectivity index (χ2n) is 7.58. The molecule has 1 N–H and O–H groups in total. The normalized spacial score (nSPS) is 14.6. The zero-order valence-corrected chi connectivity index (χ0v) is 17.0. The Labute approximate surface area is 169 Å². The molecular formula is C22H26N4O3. The van der Waals surface area contributed by atoms with Gasteiger partial charge in [-0.2, -0.15) is 0 Å². The van der Waals surface area contributed by atoms with Crippen molar-refractivity contribution in [3.05, 3.63) is 58.5 Å². The van der Waals surface area contributed by atoms with Crippen LogP contribution in [0.1, 0.15) is 24.3 Å². The van der Waals surface area contributed by atoms with E-state index in [1.807, 2.05) is 60.7 Å². The van der Waals surface area contributed by atoms with Crippen LogP contribution in [0.5, 0.6) is 5.75 Å². The van der Waals surface area contributed by atoms with Crippen LogP contribution in [0.25, 0.3) is 16.7 Å². The van der Waals surface area contributed by atoms with Gasteiger partial charge in [0.25, 0.3) is 11.5 Å². The average Bonchev–Trinajstić information content (AvgIpc) is 3.05. The predicted molar refractivity (Wildman–Crippen MR) is 113 cm³/mol. The monoisotopic (exact) mass is 394 g/mol. The number of rotatable bonds is 4. The Hall–Kier alpha value is -3.06. The Balaban J connectivity index is 1.78. The topological polar surface area (TPSA) is 68.5 Å². The van der Waals surface area contributed by atoms with E-state index in [0.29, 0.717) is 24.4 Å². The van der Waals surface area contributed by atoms with E-state index < -0.39 is 0 Å². The number of benzene rings is 1. The Morgan fingerprint density at radius 2 is 1.76 bits per heavy atom. The van der Waals surface area contributed by atoms with Crippen molar-refractivity contribution in [3.63, 3.8) is 0 Å². The fraction of sp³-hybridized carbons (Fsp3) is 0.364. The number of aromatic nitrogens is 2. The number of hydrogen-bond acceptors (Lipinski definition) is 4. The van der Waals surface area contributed by atoms with Gasteiger partial charge >= 0.3 is 0 Å². The van der Waals surface area contributed by atoms with Crippen LogP contribution in [0.2, 0.25) is 0 Å². The van der Waals surface area contributed by atoms with Crippen LogP contribution in [0.15, 0.2) is 47.3 Å². The minimum atomic E-state index is -0.141. The summed E-state index contributed by atoms with van der Waals surface area (Å²) in [6.45, 7) is 6.91. The molecule has 3 heterocycles. The fourth-order valence-corrected chi connectivity index (χ4v) is 3.79. The van der Waals surface area contributed by atoms with Gasteiger partial charge in [0.15, 0.2) is 0 Å². The summed E-state index contributed by atoms with van der Waals surface area (Å²) in [4.78, 5) is 27.6. The zero-order chi connectivity index (χ0) is 20.5. The Morgan fingerprint density at radius 1 is 1.07 bits per heavy atom. The summed E-state index contributed by atoms with van der Waals surface area (Å²) in [6.07, 6.45) is 0.0819. The number of ether oxygens (including phenoxy) is 1. The Kier molecular flexibility index (Phi) is 5.15. The largest absolute Gasteiger partial charge is 0.491 e. The average molecular weight is 394 g/mol. The summed E-state index contributed by atoms with van der Waals surface area (Å²) < 4.78 is 9.16. The Bertz CT molecular complexity index is 1090. The van der Waals surface area contributed by atoms with Crippen molar-refractivity contribution in [2.45, 2.75) is 20.0 Å². The van der Waals surface area contributed by atoms with Crippen LogP contribution in [0.3, 0.4) is 0 Å². The van der Waals surface area contributed by atoms with Crippen LogP contribution < -0.4 is 15.6 Å². The van der Waals surface area contributed by atoms with Crippen molar-refractivity contribution >= 4 is 16.9 Å². The van der Waals surface area contributed by atoms with Gasteiger partial charge in [-0.05, 0) is 50.2 Å². The van der Waals surface area contributed by atoms with Crippen LogP contribution in [0, 0.1) is 0 Å². The number of nitrogens with zero attached hydrogens (tertiary/aromatic N) is 3. The number of amides is 1. The minimum Gasteiger partial charge on any atom is -0.491 e. The summed E-state index contributed by atoms with van der Waals surface area (Å²) >= 11 is 0. The molecule has 1 aliphatic heterocycles. The quantitative estimate of drug-likeness (QED) is 0.736. The molecule has 2 aromatic heterocycles. The number of hydrogen-bond donors (Lipinski definition) is 1. The first kappa shape index (κ1) is 19.3. The zero-order valence-electron chi connectivity index (χ0n) is 17.0. The smallest absolute Gasteiger partial charge is 0.270 e. The third-order valence-corrected chi connectivity index (χ3v) is 5.16. The lowest BCUT2D eigenvalue weighted by Gasteiger charge is -2.27. The van der Waals surface area contributed by atoms with Gasteiger partial charge in [0.05, 0.1) is 11.8 Å². The van der Waals surface area contributed by atoms with Gasteiger partial charge in [-0.1, -0.05) is 0 Å². The first-order chi connectivity index (χ1) is 14.0. The van der Waals surface area contributed by atoms with Crippen LogP contribution in [-0.4, -0.2) is 52.2 Å². The van der Waals surface area contributed by atoms with Crippen molar-refractivity contribution in [1.29, 1.82) is 0 Å². The van der Waals surface area contributed by atoms with Crippen LogP contribution in [-0.2, 0) is 7.05 Å². The molecule has 0 saturated carbocycles. The number of piperazine rings is 1. The molecule has 3 aromatic rings. The maximum Gasteiger partial charge on any atom is 0.270 e. The van der Waals surface area contributed by atoms with E-state index in [2.05, 4.69) is 5.32 Å². The van der Waals surface area contributed by atoms with E-state index in [-0.39, 0.29) is 17.6 Å². The van der Waals surface area contributed by atoms with Crippen molar-refractivity contribution in [1.82, 2.24) is 19.4 Å². The van der Waals surface area contributed by atoms with Crippen molar-refractivity contribution in [3.8, 4) is 11.4 Å². The van der Waals surface area contributed by atoms with E-state index in [1.54, 1.807) is 16.7 Å². The summed E-state index contributed by atoms with van der Waals surface area (Å²) in [5.41, 5.74) is 1.88. The molecule has 0 atom stereocenters.